The third-order valence-electron chi connectivity index (χ3n) is 3.64. The SMILES string of the molecule is CC(C)(C)c1nc(CN2C(=O)CN(c3ccccc3)C2=O)cs1. The second-order valence-electron chi connectivity index (χ2n) is 6.58. The Morgan fingerprint density at radius 2 is 1.87 bits per heavy atom. The number of anilines is 1. The van der Waals surface area contributed by atoms with Crippen molar-refractivity contribution in [1.29, 1.82) is 0 Å². The number of carbonyl (C=O) groups is 2. The molecule has 0 unspecified atom stereocenters. The summed E-state index contributed by atoms with van der Waals surface area (Å²) < 4.78 is 0. The first-order valence-electron chi connectivity index (χ1n) is 7.48. The van der Waals surface area contributed by atoms with Crippen molar-refractivity contribution in [2.75, 3.05) is 11.4 Å². The van der Waals surface area contributed by atoms with E-state index in [9.17, 15) is 9.59 Å². The number of thiazole rings is 1. The Morgan fingerprint density at radius 1 is 1.17 bits per heavy atom. The molecule has 3 amide bonds. The van der Waals surface area contributed by atoms with E-state index in [0.29, 0.717) is 0 Å². The third-order valence-corrected chi connectivity index (χ3v) is 4.95. The molecule has 0 atom stereocenters. The Hall–Kier alpha value is -2.21. The predicted molar refractivity (Wildman–Crippen MR) is 90.5 cm³/mol. The molecule has 1 aliphatic heterocycles. The monoisotopic (exact) mass is 329 g/mol. The molecule has 5 nitrogen and oxygen atoms in total. The Morgan fingerprint density at radius 3 is 2.48 bits per heavy atom. The summed E-state index contributed by atoms with van der Waals surface area (Å²) in [5, 5.41) is 2.93. The van der Waals surface area contributed by atoms with Gasteiger partial charge in [0.15, 0.2) is 0 Å². The molecular formula is C17H19N3O2S. The summed E-state index contributed by atoms with van der Waals surface area (Å²) in [6, 6.07) is 8.96. The lowest BCUT2D eigenvalue weighted by Crippen LogP contribution is -2.32. The Balaban J connectivity index is 1.77. The van der Waals surface area contributed by atoms with E-state index in [1.165, 1.54) is 9.80 Å². The first-order chi connectivity index (χ1) is 10.9. The maximum Gasteiger partial charge on any atom is 0.332 e. The maximum absolute atomic E-state index is 12.5. The van der Waals surface area contributed by atoms with E-state index in [-0.39, 0.29) is 30.4 Å². The minimum Gasteiger partial charge on any atom is -0.285 e. The zero-order chi connectivity index (χ0) is 16.6. The molecule has 1 fully saturated rings. The Bertz CT molecular complexity index is 734. The van der Waals surface area contributed by atoms with Crippen LogP contribution in [0.15, 0.2) is 35.7 Å². The van der Waals surface area contributed by atoms with Gasteiger partial charge in [-0.05, 0) is 12.1 Å². The fraction of sp³-hybridized carbons (Fsp3) is 0.353. The van der Waals surface area contributed by atoms with E-state index in [0.717, 1.165) is 16.4 Å². The molecule has 2 aromatic rings. The highest BCUT2D eigenvalue weighted by atomic mass is 32.1. The molecule has 23 heavy (non-hydrogen) atoms. The van der Waals surface area contributed by atoms with Crippen molar-refractivity contribution in [2.24, 2.45) is 0 Å². The van der Waals surface area contributed by atoms with E-state index in [1.54, 1.807) is 11.3 Å². The first-order valence-corrected chi connectivity index (χ1v) is 8.36. The standard InChI is InChI=1S/C17H19N3O2S/c1-17(2,3)15-18-12(11-23-15)9-20-14(21)10-19(16(20)22)13-7-5-4-6-8-13/h4-8,11H,9-10H2,1-3H3. The number of urea groups is 1. The number of aromatic nitrogens is 1. The molecule has 1 aliphatic rings. The van der Waals surface area contributed by atoms with Crippen molar-refractivity contribution < 1.29 is 9.59 Å². The minimum atomic E-state index is -0.286. The second-order valence-corrected chi connectivity index (χ2v) is 7.44. The van der Waals surface area contributed by atoms with Gasteiger partial charge in [0, 0.05) is 16.5 Å². The van der Waals surface area contributed by atoms with Crippen molar-refractivity contribution in [3.63, 3.8) is 0 Å². The van der Waals surface area contributed by atoms with Crippen molar-refractivity contribution in [3.05, 3.63) is 46.4 Å². The lowest BCUT2D eigenvalue weighted by atomic mass is 9.98. The zero-order valence-corrected chi connectivity index (χ0v) is 14.3. The molecule has 1 aromatic carbocycles. The third kappa shape index (κ3) is 3.12. The summed E-state index contributed by atoms with van der Waals surface area (Å²) >= 11 is 1.57. The molecular weight excluding hydrogens is 310 g/mol. The number of imide groups is 1. The van der Waals surface area contributed by atoms with E-state index in [4.69, 9.17) is 0 Å². The number of benzene rings is 1. The van der Waals surface area contributed by atoms with Crippen molar-refractivity contribution >= 4 is 29.0 Å². The van der Waals surface area contributed by atoms with E-state index >= 15 is 0 Å². The topological polar surface area (TPSA) is 53.5 Å². The van der Waals surface area contributed by atoms with Crippen LogP contribution in [0.4, 0.5) is 10.5 Å². The quantitative estimate of drug-likeness (QED) is 0.811. The van der Waals surface area contributed by atoms with Crippen LogP contribution in [0.2, 0.25) is 0 Å². The van der Waals surface area contributed by atoms with Crippen molar-refractivity contribution in [1.82, 2.24) is 9.88 Å². The molecule has 0 radical (unpaired) electrons. The van der Waals surface area contributed by atoms with Crippen LogP contribution in [0.25, 0.3) is 0 Å². The maximum atomic E-state index is 12.5. The minimum absolute atomic E-state index is 0.0297. The normalized spacial score (nSPS) is 15.6. The Labute approximate surface area is 139 Å². The van der Waals surface area contributed by atoms with Gasteiger partial charge in [0.25, 0.3) is 5.91 Å². The highest BCUT2D eigenvalue weighted by Gasteiger charge is 2.37. The van der Waals surface area contributed by atoms with Gasteiger partial charge in [-0.15, -0.1) is 11.3 Å². The zero-order valence-electron chi connectivity index (χ0n) is 13.4. The van der Waals surface area contributed by atoms with Crippen LogP contribution in [0.1, 0.15) is 31.5 Å². The molecule has 1 aromatic heterocycles. The number of rotatable bonds is 3. The average Bonchev–Trinajstić information content (AvgIpc) is 3.08. The molecule has 0 bridgehead atoms. The van der Waals surface area contributed by atoms with Crippen LogP contribution >= 0.6 is 11.3 Å². The van der Waals surface area contributed by atoms with Crippen LogP contribution in [0.3, 0.4) is 0 Å². The molecule has 1 saturated heterocycles. The molecule has 0 spiro atoms. The molecule has 0 N–H and O–H groups in total. The fourth-order valence-corrected chi connectivity index (χ4v) is 3.29. The van der Waals surface area contributed by atoms with Crippen LogP contribution in [-0.2, 0) is 16.8 Å². The van der Waals surface area contributed by atoms with Gasteiger partial charge in [-0.3, -0.25) is 14.6 Å². The van der Waals surface area contributed by atoms with E-state index in [2.05, 4.69) is 25.8 Å². The summed E-state index contributed by atoms with van der Waals surface area (Å²) in [6.07, 6.45) is 0. The molecule has 6 heteroatoms. The number of para-hydroxylation sites is 1. The van der Waals surface area contributed by atoms with Gasteiger partial charge in [-0.25, -0.2) is 9.78 Å². The van der Waals surface area contributed by atoms with Gasteiger partial charge in [-0.2, -0.15) is 0 Å². The molecule has 3 rings (SSSR count). The number of nitrogens with zero attached hydrogens (tertiary/aromatic N) is 3. The van der Waals surface area contributed by atoms with Crippen LogP contribution in [-0.4, -0.2) is 28.4 Å². The smallest absolute Gasteiger partial charge is 0.285 e. The Kier molecular flexibility index (Phi) is 3.93. The van der Waals surface area contributed by atoms with Gasteiger partial charge in [0.2, 0.25) is 0 Å². The number of hydrogen-bond acceptors (Lipinski definition) is 4. The summed E-state index contributed by atoms with van der Waals surface area (Å²) in [5.41, 5.74) is 1.47. The summed E-state index contributed by atoms with van der Waals surface area (Å²) in [5.74, 6) is -0.191. The van der Waals surface area contributed by atoms with Crippen LogP contribution < -0.4 is 4.90 Å². The molecule has 2 heterocycles. The largest absolute Gasteiger partial charge is 0.332 e. The fourth-order valence-electron chi connectivity index (χ4n) is 2.39. The highest BCUT2D eigenvalue weighted by molar-refractivity contribution is 7.09. The molecule has 0 aliphatic carbocycles. The van der Waals surface area contributed by atoms with Gasteiger partial charge in [0.1, 0.15) is 6.54 Å². The van der Waals surface area contributed by atoms with Gasteiger partial charge < -0.3 is 0 Å². The summed E-state index contributed by atoms with van der Waals surface area (Å²) in [7, 11) is 0. The van der Waals surface area contributed by atoms with Crippen molar-refractivity contribution in [3.8, 4) is 0 Å². The highest BCUT2D eigenvalue weighted by Crippen LogP contribution is 2.27. The number of amides is 3. The summed E-state index contributed by atoms with van der Waals surface area (Å²) in [4.78, 5) is 32.1. The van der Waals surface area contributed by atoms with Gasteiger partial charge in [0.05, 0.1) is 17.2 Å². The van der Waals surface area contributed by atoms with Gasteiger partial charge in [-0.1, -0.05) is 39.0 Å². The van der Waals surface area contributed by atoms with Crippen LogP contribution in [0, 0.1) is 0 Å². The van der Waals surface area contributed by atoms with Gasteiger partial charge >= 0.3 is 6.03 Å². The predicted octanol–water partition coefficient (Wildman–Crippen LogP) is 3.41. The molecule has 120 valence electrons. The van der Waals surface area contributed by atoms with E-state index < -0.39 is 0 Å². The van der Waals surface area contributed by atoms with Crippen molar-refractivity contribution in [2.45, 2.75) is 32.7 Å². The van der Waals surface area contributed by atoms with Crippen LogP contribution in [0.5, 0.6) is 0 Å². The number of hydrogen-bond donors (Lipinski definition) is 0. The lowest BCUT2D eigenvalue weighted by Gasteiger charge is -2.16. The van der Waals surface area contributed by atoms with E-state index in [1.807, 2.05) is 35.7 Å². The second kappa shape index (κ2) is 5.77. The number of carbonyl (C=O) groups excluding carboxylic acids is 2. The molecule has 0 saturated carbocycles. The average molecular weight is 329 g/mol. The lowest BCUT2D eigenvalue weighted by molar-refractivity contribution is -0.125. The first kappa shape index (κ1) is 15.7. The summed E-state index contributed by atoms with van der Waals surface area (Å²) in [6.45, 7) is 6.60.